The van der Waals surface area contributed by atoms with Gasteiger partial charge in [-0.05, 0) is 137 Å². The van der Waals surface area contributed by atoms with Crippen LogP contribution in [0.2, 0.25) is 5.02 Å². The first-order valence-electron chi connectivity index (χ1n) is 15.4. The number of benzene rings is 3. The Morgan fingerprint density at radius 1 is 0.977 bits per heavy atom. The first kappa shape index (κ1) is 31.6. The van der Waals surface area contributed by atoms with Crippen LogP contribution >= 0.6 is 11.6 Å². The monoisotopic (exact) mass is 614 g/mol. The number of halogens is 2. The third-order valence-corrected chi connectivity index (χ3v) is 8.91. The van der Waals surface area contributed by atoms with E-state index in [0.29, 0.717) is 17.1 Å². The van der Waals surface area contributed by atoms with E-state index in [0.717, 1.165) is 53.3 Å². The lowest BCUT2D eigenvalue weighted by molar-refractivity contribution is -0.156. The number of carbonyl (C=O) groups is 2. The number of esters is 1. The Hall–Kier alpha value is -3.77. The van der Waals surface area contributed by atoms with E-state index in [1.54, 1.807) is 30.5 Å². The van der Waals surface area contributed by atoms with Crippen LogP contribution in [-0.2, 0) is 20.7 Å². The molecule has 0 bridgehead atoms. The Labute approximate surface area is 264 Å². The van der Waals surface area contributed by atoms with E-state index in [9.17, 15) is 14.0 Å². The van der Waals surface area contributed by atoms with Crippen LogP contribution < -0.4 is 5.32 Å². The fourth-order valence-electron chi connectivity index (χ4n) is 6.29. The SMILES string of the molecule is CC(C(=O)OC(C)(C)C)c1ccc(C[C@@H](C(=O)Nc2ccc(Cl)cc2)C2CCC(c3ccnc4ccc(F)cc34)CC2)cc1. The molecular formula is C37H40ClFN2O3. The number of rotatable bonds is 8. The Kier molecular flexibility index (Phi) is 9.69. The molecule has 1 aromatic heterocycles. The molecule has 7 heteroatoms. The molecular weight excluding hydrogens is 575 g/mol. The first-order valence-corrected chi connectivity index (χ1v) is 15.8. The van der Waals surface area contributed by atoms with Crippen molar-refractivity contribution in [3.63, 3.8) is 0 Å². The number of hydrogen-bond acceptors (Lipinski definition) is 4. The second-order valence-electron chi connectivity index (χ2n) is 13.0. The lowest BCUT2D eigenvalue weighted by atomic mass is 9.71. The van der Waals surface area contributed by atoms with Crippen LogP contribution in [0.4, 0.5) is 10.1 Å². The van der Waals surface area contributed by atoms with Crippen LogP contribution in [-0.4, -0.2) is 22.5 Å². The molecule has 1 fully saturated rings. The lowest BCUT2D eigenvalue weighted by Gasteiger charge is -2.34. The zero-order valence-corrected chi connectivity index (χ0v) is 26.5. The molecule has 1 aliphatic carbocycles. The average molecular weight is 615 g/mol. The number of carbonyl (C=O) groups excluding carboxylic acids is 2. The van der Waals surface area contributed by atoms with Crippen molar-refractivity contribution >= 4 is 40.1 Å². The molecule has 1 saturated carbocycles. The summed E-state index contributed by atoms with van der Waals surface area (Å²) in [6.07, 6.45) is 5.98. The highest BCUT2D eigenvalue weighted by Gasteiger charge is 2.33. The number of pyridine rings is 1. The molecule has 5 nitrogen and oxygen atoms in total. The van der Waals surface area contributed by atoms with E-state index >= 15 is 0 Å². The summed E-state index contributed by atoms with van der Waals surface area (Å²) in [4.78, 5) is 30.9. The summed E-state index contributed by atoms with van der Waals surface area (Å²) in [6, 6.07) is 21.9. The van der Waals surface area contributed by atoms with Crippen LogP contribution in [0.1, 0.15) is 81.9 Å². The molecule has 0 radical (unpaired) electrons. The fraction of sp³-hybridized carbons (Fsp3) is 0.378. The highest BCUT2D eigenvalue weighted by molar-refractivity contribution is 6.30. The third-order valence-electron chi connectivity index (χ3n) is 8.66. The predicted octanol–water partition coefficient (Wildman–Crippen LogP) is 9.24. The molecule has 0 spiro atoms. The summed E-state index contributed by atoms with van der Waals surface area (Å²) in [5.74, 6) is -0.695. The Morgan fingerprint density at radius 3 is 2.32 bits per heavy atom. The van der Waals surface area contributed by atoms with Crippen molar-refractivity contribution in [1.29, 1.82) is 0 Å². The minimum Gasteiger partial charge on any atom is -0.460 e. The summed E-state index contributed by atoms with van der Waals surface area (Å²) in [7, 11) is 0. The van der Waals surface area contributed by atoms with Gasteiger partial charge in [0, 0.05) is 28.2 Å². The van der Waals surface area contributed by atoms with E-state index in [4.69, 9.17) is 16.3 Å². The summed E-state index contributed by atoms with van der Waals surface area (Å²) in [6.45, 7) is 7.44. The number of amides is 1. The Morgan fingerprint density at radius 2 is 1.66 bits per heavy atom. The van der Waals surface area contributed by atoms with Gasteiger partial charge in [0.05, 0.1) is 11.4 Å². The molecule has 3 aromatic carbocycles. The van der Waals surface area contributed by atoms with E-state index in [2.05, 4.69) is 10.3 Å². The Balaban J connectivity index is 1.33. The van der Waals surface area contributed by atoms with Crippen LogP contribution in [0.25, 0.3) is 10.9 Å². The molecule has 1 amide bonds. The predicted molar refractivity (Wildman–Crippen MR) is 174 cm³/mol. The van der Waals surface area contributed by atoms with Crippen LogP contribution in [0.15, 0.2) is 79.0 Å². The van der Waals surface area contributed by atoms with Gasteiger partial charge in [-0.1, -0.05) is 35.9 Å². The topological polar surface area (TPSA) is 68.3 Å². The molecule has 1 unspecified atom stereocenters. The normalized spacial score (nSPS) is 18.4. The van der Waals surface area contributed by atoms with Crippen molar-refractivity contribution in [3.05, 3.63) is 107 Å². The molecule has 0 saturated heterocycles. The standard InChI is InChI=1S/C37H40ClFN2O3/c1-23(36(43)44-37(2,3)4)25-7-5-24(6-8-25)21-32(35(42)41-30-16-13-28(38)14-17-30)27-11-9-26(10-12-27)31-19-20-40-34-18-15-29(39)22-33(31)34/h5-8,13-20,22-23,26-27,32H,9-12,21H2,1-4H3,(H,41,42)/t23?,26?,27?,32-/m1/s1. The summed E-state index contributed by atoms with van der Waals surface area (Å²) in [5.41, 5.74) is 4.02. The Bertz CT molecular complexity index is 1610. The minimum atomic E-state index is -0.546. The molecule has 5 rings (SSSR count). The van der Waals surface area contributed by atoms with E-state index in [1.807, 2.05) is 70.2 Å². The minimum absolute atomic E-state index is 0.0154. The molecule has 2 atom stereocenters. The summed E-state index contributed by atoms with van der Waals surface area (Å²) >= 11 is 6.07. The van der Waals surface area contributed by atoms with Gasteiger partial charge >= 0.3 is 5.97 Å². The molecule has 0 aliphatic heterocycles. The average Bonchev–Trinajstić information content (AvgIpc) is 3.00. The van der Waals surface area contributed by atoms with Crippen molar-refractivity contribution in [3.8, 4) is 0 Å². The van der Waals surface area contributed by atoms with Crippen molar-refractivity contribution in [2.45, 2.75) is 77.2 Å². The number of ether oxygens (including phenoxy) is 1. The van der Waals surface area contributed by atoms with Crippen molar-refractivity contribution in [1.82, 2.24) is 4.98 Å². The molecule has 230 valence electrons. The third kappa shape index (κ3) is 7.84. The highest BCUT2D eigenvalue weighted by Crippen LogP contribution is 2.42. The zero-order chi connectivity index (χ0) is 31.4. The maximum Gasteiger partial charge on any atom is 0.313 e. The van der Waals surface area contributed by atoms with Gasteiger partial charge in [-0.3, -0.25) is 14.6 Å². The van der Waals surface area contributed by atoms with Gasteiger partial charge in [0.1, 0.15) is 11.4 Å². The quantitative estimate of drug-likeness (QED) is 0.201. The fourth-order valence-corrected chi connectivity index (χ4v) is 6.42. The van der Waals surface area contributed by atoms with Gasteiger partial charge in [0.2, 0.25) is 5.91 Å². The molecule has 1 aliphatic rings. The van der Waals surface area contributed by atoms with Gasteiger partial charge < -0.3 is 10.1 Å². The van der Waals surface area contributed by atoms with Gasteiger partial charge in [0.25, 0.3) is 0 Å². The number of anilines is 1. The lowest BCUT2D eigenvalue weighted by Crippen LogP contribution is -2.33. The van der Waals surface area contributed by atoms with Crippen LogP contribution in [0, 0.1) is 17.7 Å². The van der Waals surface area contributed by atoms with Crippen LogP contribution in [0.3, 0.4) is 0 Å². The van der Waals surface area contributed by atoms with Crippen molar-refractivity contribution in [2.75, 3.05) is 5.32 Å². The van der Waals surface area contributed by atoms with E-state index < -0.39 is 5.60 Å². The molecule has 4 aromatic rings. The van der Waals surface area contributed by atoms with Gasteiger partial charge in [-0.15, -0.1) is 0 Å². The smallest absolute Gasteiger partial charge is 0.313 e. The van der Waals surface area contributed by atoms with Crippen molar-refractivity contribution in [2.24, 2.45) is 11.8 Å². The number of nitrogens with one attached hydrogen (secondary N) is 1. The number of hydrogen-bond donors (Lipinski definition) is 1. The molecule has 1 N–H and O–H groups in total. The second-order valence-corrected chi connectivity index (χ2v) is 13.4. The molecule has 1 heterocycles. The summed E-state index contributed by atoms with van der Waals surface area (Å²) in [5, 5.41) is 4.60. The van der Waals surface area contributed by atoms with E-state index in [-0.39, 0.29) is 41.4 Å². The second kappa shape index (κ2) is 13.5. The van der Waals surface area contributed by atoms with E-state index in [1.165, 1.54) is 6.07 Å². The van der Waals surface area contributed by atoms with Gasteiger partial charge in [-0.2, -0.15) is 0 Å². The number of nitrogens with zero attached hydrogens (tertiary/aromatic N) is 1. The first-order chi connectivity index (χ1) is 21.0. The van der Waals surface area contributed by atoms with Crippen LogP contribution in [0.5, 0.6) is 0 Å². The van der Waals surface area contributed by atoms with Gasteiger partial charge in [0.15, 0.2) is 0 Å². The highest BCUT2D eigenvalue weighted by atomic mass is 35.5. The largest absolute Gasteiger partial charge is 0.460 e. The summed E-state index contributed by atoms with van der Waals surface area (Å²) < 4.78 is 19.7. The number of fused-ring (bicyclic) bond motifs is 1. The van der Waals surface area contributed by atoms with Gasteiger partial charge in [-0.25, -0.2) is 4.39 Å². The maximum atomic E-state index is 14.1. The van der Waals surface area contributed by atoms with Crippen molar-refractivity contribution < 1.29 is 18.7 Å². The maximum absolute atomic E-state index is 14.1. The molecule has 44 heavy (non-hydrogen) atoms. The zero-order valence-electron chi connectivity index (χ0n) is 25.8. The number of aromatic nitrogens is 1.